The van der Waals surface area contributed by atoms with E-state index in [2.05, 4.69) is 58.5 Å². The normalized spacial score (nSPS) is 16.3. The van der Waals surface area contributed by atoms with Crippen molar-refractivity contribution < 1.29 is 4.79 Å². The van der Waals surface area contributed by atoms with Crippen LogP contribution in [0.4, 0.5) is 0 Å². The Bertz CT molecular complexity index is 648. The number of nitrogens with one attached hydrogen (secondary N) is 2. The van der Waals surface area contributed by atoms with Crippen LogP contribution < -0.4 is 10.6 Å². The van der Waals surface area contributed by atoms with E-state index >= 15 is 0 Å². The third-order valence-corrected chi connectivity index (χ3v) is 4.96. The number of carbonyl (C=O) groups excluding carboxylic acids is 1. The van der Waals surface area contributed by atoms with Gasteiger partial charge in [-0.2, -0.15) is 0 Å². The van der Waals surface area contributed by atoms with Crippen LogP contribution in [0, 0.1) is 12.3 Å². The number of aryl methyl sites for hydroxylation is 1. The number of hydrogen-bond donors (Lipinski definition) is 2. The molecule has 150 valence electrons. The molecule has 6 nitrogen and oxygen atoms in total. The summed E-state index contributed by atoms with van der Waals surface area (Å²) in [5.41, 5.74) is 2.17. The van der Waals surface area contributed by atoms with E-state index in [1.165, 1.54) is 11.1 Å². The zero-order valence-electron chi connectivity index (χ0n) is 17.5. The Labute approximate surface area is 164 Å². The number of amides is 1. The van der Waals surface area contributed by atoms with Gasteiger partial charge >= 0.3 is 0 Å². The number of guanidine groups is 1. The van der Waals surface area contributed by atoms with Gasteiger partial charge < -0.3 is 15.5 Å². The lowest BCUT2D eigenvalue weighted by Crippen LogP contribution is -2.52. The van der Waals surface area contributed by atoms with Crippen molar-refractivity contribution in [1.82, 2.24) is 20.4 Å². The van der Waals surface area contributed by atoms with E-state index in [0.717, 1.165) is 45.2 Å². The fraction of sp³-hybridized carbons (Fsp3) is 0.619. The molecule has 0 bridgehead atoms. The van der Waals surface area contributed by atoms with Gasteiger partial charge in [-0.05, 0) is 33.3 Å². The first-order chi connectivity index (χ1) is 12.9. The Hall–Kier alpha value is -2.08. The second-order valence-electron chi connectivity index (χ2n) is 7.89. The molecule has 2 N–H and O–H groups in total. The molecule has 27 heavy (non-hydrogen) atoms. The molecule has 0 aromatic heterocycles. The van der Waals surface area contributed by atoms with Crippen molar-refractivity contribution in [3.63, 3.8) is 0 Å². The minimum absolute atomic E-state index is 0.0186. The summed E-state index contributed by atoms with van der Waals surface area (Å²) in [5.74, 6) is 0.926. The van der Waals surface area contributed by atoms with Crippen molar-refractivity contribution >= 4 is 11.9 Å². The van der Waals surface area contributed by atoms with E-state index in [9.17, 15) is 4.79 Å². The van der Waals surface area contributed by atoms with Crippen LogP contribution in [-0.2, 0) is 11.3 Å². The average molecular weight is 374 g/mol. The van der Waals surface area contributed by atoms with Gasteiger partial charge in [-0.1, -0.05) is 29.8 Å². The highest BCUT2D eigenvalue weighted by molar-refractivity contribution is 5.83. The molecule has 6 heteroatoms. The molecule has 1 heterocycles. The molecule has 1 aromatic carbocycles. The number of nitrogens with zero attached hydrogens (tertiary/aromatic N) is 3. The van der Waals surface area contributed by atoms with Crippen LogP contribution in [0.5, 0.6) is 0 Å². The molecule has 0 spiro atoms. The molecule has 2 rings (SSSR count). The predicted octanol–water partition coefficient (Wildman–Crippen LogP) is 1.85. The molecule has 0 unspecified atom stereocenters. The lowest BCUT2D eigenvalue weighted by atomic mass is 9.93. The Morgan fingerprint density at radius 1 is 1.22 bits per heavy atom. The third kappa shape index (κ3) is 6.24. The van der Waals surface area contributed by atoms with Gasteiger partial charge in [0.2, 0.25) is 5.91 Å². The molecule has 1 aliphatic rings. The summed E-state index contributed by atoms with van der Waals surface area (Å²) < 4.78 is 0. The van der Waals surface area contributed by atoms with Gasteiger partial charge in [0.15, 0.2) is 5.96 Å². The molecular weight excluding hydrogens is 338 g/mol. The van der Waals surface area contributed by atoms with Gasteiger partial charge in [-0.25, -0.2) is 0 Å². The number of carbonyl (C=O) groups is 1. The van der Waals surface area contributed by atoms with Gasteiger partial charge in [0, 0.05) is 46.3 Å². The molecule has 1 aliphatic heterocycles. The summed E-state index contributed by atoms with van der Waals surface area (Å²) >= 11 is 0. The van der Waals surface area contributed by atoms with Crippen molar-refractivity contribution in [1.29, 1.82) is 0 Å². The third-order valence-electron chi connectivity index (χ3n) is 4.96. The second kappa shape index (κ2) is 9.74. The Morgan fingerprint density at radius 3 is 2.52 bits per heavy atom. The van der Waals surface area contributed by atoms with Gasteiger partial charge in [0.25, 0.3) is 0 Å². The second-order valence-corrected chi connectivity index (χ2v) is 7.89. The predicted molar refractivity (Wildman–Crippen MR) is 112 cm³/mol. The number of hydrogen-bond acceptors (Lipinski definition) is 3. The first-order valence-electron chi connectivity index (χ1n) is 9.89. The van der Waals surface area contributed by atoms with E-state index in [-0.39, 0.29) is 5.91 Å². The van der Waals surface area contributed by atoms with Gasteiger partial charge in [0.1, 0.15) is 0 Å². The quantitative estimate of drug-likeness (QED) is 0.590. The Morgan fingerprint density at radius 2 is 1.93 bits per heavy atom. The number of rotatable bonds is 6. The molecule has 0 atom stereocenters. The monoisotopic (exact) mass is 373 g/mol. The zero-order valence-corrected chi connectivity index (χ0v) is 17.5. The first kappa shape index (κ1) is 21.2. The highest BCUT2D eigenvalue weighted by Crippen LogP contribution is 2.16. The highest BCUT2D eigenvalue weighted by atomic mass is 16.2. The van der Waals surface area contributed by atoms with Gasteiger partial charge in [-0.3, -0.25) is 14.7 Å². The minimum Gasteiger partial charge on any atom is -0.359 e. The van der Waals surface area contributed by atoms with Crippen LogP contribution in [0.2, 0.25) is 0 Å². The van der Waals surface area contributed by atoms with Crippen molar-refractivity contribution in [2.24, 2.45) is 10.4 Å². The first-order valence-corrected chi connectivity index (χ1v) is 9.89. The molecule has 1 aromatic rings. The standard InChI is InChI=1S/C21H35N5O/c1-6-23-20(24-16-21(3,4)19(27)22-5)26-12-10-25(11-13-26)15-18-9-7-8-17(2)14-18/h7-9,14H,6,10-13,15-16H2,1-5H3,(H,22,27)(H,23,24). The van der Waals surface area contributed by atoms with E-state index in [1.807, 2.05) is 13.8 Å². The summed E-state index contributed by atoms with van der Waals surface area (Å²) in [5, 5.41) is 6.10. The Kier molecular flexibility index (Phi) is 7.66. The van der Waals surface area contributed by atoms with Crippen molar-refractivity contribution in [2.75, 3.05) is 46.3 Å². The van der Waals surface area contributed by atoms with E-state index in [1.54, 1.807) is 7.05 Å². The van der Waals surface area contributed by atoms with E-state index in [4.69, 9.17) is 4.99 Å². The lowest BCUT2D eigenvalue weighted by Gasteiger charge is -2.37. The number of piperazine rings is 1. The highest BCUT2D eigenvalue weighted by Gasteiger charge is 2.27. The van der Waals surface area contributed by atoms with Gasteiger partial charge in [-0.15, -0.1) is 0 Å². The maximum atomic E-state index is 12.0. The summed E-state index contributed by atoms with van der Waals surface area (Å²) in [6.07, 6.45) is 0. The fourth-order valence-corrected chi connectivity index (χ4v) is 3.30. The Balaban J connectivity index is 1.94. The molecule has 1 fully saturated rings. The largest absolute Gasteiger partial charge is 0.359 e. The minimum atomic E-state index is -0.511. The smallest absolute Gasteiger partial charge is 0.227 e. The van der Waals surface area contributed by atoms with E-state index < -0.39 is 5.41 Å². The molecule has 1 amide bonds. The fourth-order valence-electron chi connectivity index (χ4n) is 3.30. The molecule has 0 radical (unpaired) electrons. The molecule has 0 saturated carbocycles. The zero-order chi connectivity index (χ0) is 19.9. The molecular formula is C21H35N5O. The lowest BCUT2D eigenvalue weighted by molar-refractivity contribution is -0.128. The summed E-state index contributed by atoms with van der Waals surface area (Å²) in [4.78, 5) is 21.5. The number of benzene rings is 1. The summed E-state index contributed by atoms with van der Waals surface area (Å²) in [7, 11) is 1.67. The topological polar surface area (TPSA) is 60.0 Å². The SMILES string of the molecule is CCNC(=NCC(C)(C)C(=O)NC)N1CCN(Cc2cccc(C)c2)CC1. The van der Waals surface area contributed by atoms with Crippen LogP contribution in [0.3, 0.4) is 0 Å². The summed E-state index contributed by atoms with van der Waals surface area (Å²) in [6, 6.07) is 8.73. The van der Waals surface area contributed by atoms with Crippen LogP contribution in [-0.4, -0.2) is 68.0 Å². The van der Waals surface area contributed by atoms with Crippen LogP contribution >= 0.6 is 0 Å². The average Bonchev–Trinajstić information content (AvgIpc) is 2.65. The van der Waals surface area contributed by atoms with Crippen LogP contribution in [0.25, 0.3) is 0 Å². The maximum Gasteiger partial charge on any atom is 0.227 e. The van der Waals surface area contributed by atoms with Crippen LogP contribution in [0.15, 0.2) is 29.3 Å². The summed E-state index contributed by atoms with van der Waals surface area (Å²) in [6.45, 7) is 14.3. The van der Waals surface area contributed by atoms with Crippen molar-refractivity contribution in [3.05, 3.63) is 35.4 Å². The van der Waals surface area contributed by atoms with Crippen LogP contribution in [0.1, 0.15) is 31.9 Å². The molecule has 0 aliphatic carbocycles. The van der Waals surface area contributed by atoms with Crippen molar-refractivity contribution in [3.8, 4) is 0 Å². The van der Waals surface area contributed by atoms with Crippen molar-refractivity contribution in [2.45, 2.75) is 34.2 Å². The molecule has 1 saturated heterocycles. The van der Waals surface area contributed by atoms with Gasteiger partial charge in [0.05, 0.1) is 12.0 Å². The number of aliphatic imine (C=N–C) groups is 1. The van der Waals surface area contributed by atoms with E-state index in [0.29, 0.717) is 6.54 Å². The maximum absolute atomic E-state index is 12.0.